The SMILES string of the molecule is COc1cc(CNC(=O)C2Cc3ccccc3S2)ccc1OCc1ccncc1. The highest BCUT2D eigenvalue weighted by atomic mass is 32.2. The van der Waals surface area contributed by atoms with Crippen molar-refractivity contribution in [3.63, 3.8) is 0 Å². The first-order chi connectivity index (χ1) is 14.2. The van der Waals surface area contributed by atoms with E-state index in [2.05, 4.69) is 22.4 Å². The zero-order valence-electron chi connectivity index (χ0n) is 16.1. The summed E-state index contributed by atoms with van der Waals surface area (Å²) < 4.78 is 11.3. The molecule has 0 saturated heterocycles. The van der Waals surface area contributed by atoms with Gasteiger partial charge in [0.05, 0.1) is 12.4 Å². The number of hydrogen-bond acceptors (Lipinski definition) is 5. The maximum Gasteiger partial charge on any atom is 0.234 e. The van der Waals surface area contributed by atoms with Gasteiger partial charge in [-0.1, -0.05) is 24.3 Å². The molecule has 4 rings (SSSR count). The molecule has 1 aliphatic rings. The van der Waals surface area contributed by atoms with E-state index in [0.717, 1.165) is 17.5 Å². The van der Waals surface area contributed by atoms with Crippen LogP contribution in [0.5, 0.6) is 11.5 Å². The molecule has 1 aromatic heterocycles. The summed E-state index contributed by atoms with van der Waals surface area (Å²) >= 11 is 1.63. The molecule has 0 radical (unpaired) electrons. The average molecular weight is 407 g/mol. The summed E-state index contributed by atoms with van der Waals surface area (Å²) in [6, 6.07) is 17.7. The van der Waals surface area contributed by atoms with Crippen LogP contribution in [0.3, 0.4) is 0 Å². The lowest BCUT2D eigenvalue weighted by Crippen LogP contribution is -2.31. The van der Waals surface area contributed by atoms with E-state index in [4.69, 9.17) is 9.47 Å². The van der Waals surface area contributed by atoms with Crippen molar-refractivity contribution < 1.29 is 14.3 Å². The van der Waals surface area contributed by atoms with Gasteiger partial charge in [-0.25, -0.2) is 0 Å². The Kier molecular flexibility index (Phi) is 6.00. The number of amides is 1. The number of ether oxygens (including phenoxy) is 2. The quantitative estimate of drug-likeness (QED) is 0.643. The Hall–Kier alpha value is -2.99. The zero-order chi connectivity index (χ0) is 20.1. The van der Waals surface area contributed by atoms with Crippen molar-refractivity contribution in [1.82, 2.24) is 10.3 Å². The number of thioether (sulfide) groups is 1. The molecule has 1 amide bonds. The van der Waals surface area contributed by atoms with Crippen LogP contribution in [-0.2, 0) is 24.4 Å². The van der Waals surface area contributed by atoms with Crippen LogP contribution in [0, 0.1) is 0 Å². The first-order valence-corrected chi connectivity index (χ1v) is 10.3. The molecule has 1 unspecified atom stereocenters. The molecule has 1 aliphatic heterocycles. The van der Waals surface area contributed by atoms with E-state index in [9.17, 15) is 4.79 Å². The van der Waals surface area contributed by atoms with E-state index in [0.29, 0.717) is 24.7 Å². The van der Waals surface area contributed by atoms with Gasteiger partial charge in [0.15, 0.2) is 11.5 Å². The molecule has 29 heavy (non-hydrogen) atoms. The number of nitrogens with one attached hydrogen (secondary N) is 1. The van der Waals surface area contributed by atoms with E-state index in [-0.39, 0.29) is 11.2 Å². The molecule has 2 aromatic carbocycles. The van der Waals surface area contributed by atoms with Crippen LogP contribution in [-0.4, -0.2) is 23.3 Å². The van der Waals surface area contributed by atoms with Crippen LogP contribution in [0.4, 0.5) is 0 Å². The van der Waals surface area contributed by atoms with Crippen molar-refractivity contribution in [2.75, 3.05) is 7.11 Å². The molecule has 0 aliphatic carbocycles. The number of aromatic nitrogens is 1. The van der Waals surface area contributed by atoms with Crippen molar-refractivity contribution in [2.24, 2.45) is 0 Å². The number of carbonyl (C=O) groups is 1. The highest BCUT2D eigenvalue weighted by Crippen LogP contribution is 2.36. The largest absolute Gasteiger partial charge is 0.493 e. The molecular weight excluding hydrogens is 384 g/mol. The number of benzene rings is 2. The highest BCUT2D eigenvalue weighted by molar-refractivity contribution is 8.01. The van der Waals surface area contributed by atoms with Gasteiger partial charge >= 0.3 is 0 Å². The third-order valence-corrected chi connectivity index (χ3v) is 6.10. The van der Waals surface area contributed by atoms with E-state index in [1.54, 1.807) is 31.3 Å². The Morgan fingerprint density at radius 2 is 1.93 bits per heavy atom. The Labute approximate surface area is 174 Å². The monoisotopic (exact) mass is 406 g/mol. The summed E-state index contributed by atoms with van der Waals surface area (Å²) in [6.45, 7) is 0.891. The van der Waals surface area contributed by atoms with Crippen molar-refractivity contribution >= 4 is 17.7 Å². The van der Waals surface area contributed by atoms with Crippen molar-refractivity contribution in [2.45, 2.75) is 29.7 Å². The van der Waals surface area contributed by atoms with Crippen molar-refractivity contribution in [3.8, 4) is 11.5 Å². The second kappa shape index (κ2) is 9.01. The third-order valence-electron chi connectivity index (χ3n) is 4.78. The fraction of sp³-hybridized carbons (Fsp3) is 0.217. The standard InChI is InChI=1S/C23H22N2O3S/c1-27-20-12-17(6-7-19(20)28-15-16-8-10-24-11-9-16)14-25-23(26)22-13-18-4-2-3-5-21(18)29-22/h2-12,22H,13-15H2,1H3,(H,25,26). The van der Waals surface area contributed by atoms with Gasteiger partial charge in [-0.15, -0.1) is 11.8 Å². The van der Waals surface area contributed by atoms with Gasteiger partial charge < -0.3 is 14.8 Å². The van der Waals surface area contributed by atoms with Crippen molar-refractivity contribution in [3.05, 3.63) is 83.7 Å². The predicted octanol–water partition coefficient (Wildman–Crippen LogP) is 4.00. The molecule has 0 saturated carbocycles. The van der Waals surface area contributed by atoms with E-state index < -0.39 is 0 Å². The number of hydrogen-bond donors (Lipinski definition) is 1. The lowest BCUT2D eigenvalue weighted by molar-refractivity contribution is -0.120. The molecule has 5 nitrogen and oxygen atoms in total. The van der Waals surface area contributed by atoms with Crippen LogP contribution in [0.25, 0.3) is 0 Å². The Bertz CT molecular complexity index is 969. The second-order valence-corrected chi connectivity index (χ2v) is 8.01. The normalized spacial score (nSPS) is 14.9. The minimum atomic E-state index is -0.0720. The number of rotatable bonds is 7. The van der Waals surface area contributed by atoms with Crippen LogP contribution >= 0.6 is 11.8 Å². The summed E-state index contributed by atoms with van der Waals surface area (Å²) in [5.74, 6) is 1.37. The van der Waals surface area contributed by atoms with Gasteiger partial charge in [0.2, 0.25) is 5.91 Å². The fourth-order valence-corrected chi connectivity index (χ4v) is 4.43. The molecule has 2 heterocycles. The topological polar surface area (TPSA) is 60.5 Å². The van der Waals surface area contributed by atoms with E-state index in [1.165, 1.54) is 10.5 Å². The molecule has 6 heteroatoms. The van der Waals surface area contributed by atoms with Crippen LogP contribution < -0.4 is 14.8 Å². The molecule has 0 fully saturated rings. The summed E-state index contributed by atoms with van der Waals surface area (Å²) in [5.41, 5.74) is 3.25. The second-order valence-electron chi connectivity index (χ2n) is 6.77. The van der Waals surface area contributed by atoms with E-state index in [1.807, 2.05) is 42.5 Å². The predicted molar refractivity (Wildman–Crippen MR) is 113 cm³/mol. The molecule has 148 valence electrons. The summed E-state index contributed by atoms with van der Waals surface area (Å²) in [4.78, 5) is 17.8. The van der Waals surface area contributed by atoms with Gasteiger partial charge in [-0.3, -0.25) is 9.78 Å². The Morgan fingerprint density at radius 1 is 1.10 bits per heavy atom. The lowest BCUT2D eigenvalue weighted by Gasteiger charge is -2.14. The van der Waals surface area contributed by atoms with Gasteiger partial charge in [0, 0.05) is 23.8 Å². The highest BCUT2D eigenvalue weighted by Gasteiger charge is 2.27. The van der Waals surface area contributed by atoms with Gasteiger partial charge in [-0.2, -0.15) is 0 Å². The number of fused-ring (bicyclic) bond motifs is 1. The number of carbonyl (C=O) groups excluding carboxylic acids is 1. The zero-order valence-corrected chi connectivity index (χ0v) is 16.9. The van der Waals surface area contributed by atoms with Crippen molar-refractivity contribution in [1.29, 1.82) is 0 Å². The first kappa shape index (κ1) is 19.3. The van der Waals surface area contributed by atoms with Gasteiger partial charge in [0.25, 0.3) is 0 Å². The maximum absolute atomic E-state index is 12.6. The van der Waals surface area contributed by atoms with Gasteiger partial charge in [0.1, 0.15) is 6.61 Å². The summed E-state index contributed by atoms with van der Waals surface area (Å²) in [5, 5.41) is 2.97. The lowest BCUT2D eigenvalue weighted by atomic mass is 10.1. The first-order valence-electron chi connectivity index (χ1n) is 9.44. The minimum absolute atomic E-state index is 0.0585. The fourth-order valence-electron chi connectivity index (χ4n) is 3.21. The summed E-state index contributed by atoms with van der Waals surface area (Å²) in [7, 11) is 1.61. The molecule has 0 bridgehead atoms. The van der Waals surface area contributed by atoms with E-state index >= 15 is 0 Å². The number of methoxy groups -OCH3 is 1. The molecule has 3 aromatic rings. The molecule has 0 spiro atoms. The van der Waals surface area contributed by atoms with Gasteiger partial charge in [-0.05, 0) is 53.4 Å². The van der Waals surface area contributed by atoms with Crippen LogP contribution in [0.1, 0.15) is 16.7 Å². The molecule has 1 N–H and O–H groups in total. The average Bonchev–Trinajstić information content (AvgIpc) is 3.21. The molecule has 1 atom stereocenters. The smallest absolute Gasteiger partial charge is 0.234 e. The summed E-state index contributed by atoms with van der Waals surface area (Å²) in [6.07, 6.45) is 4.25. The minimum Gasteiger partial charge on any atom is -0.493 e. The molecular formula is C23H22N2O3S. The van der Waals surface area contributed by atoms with Crippen LogP contribution in [0.15, 0.2) is 71.9 Å². The van der Waals surface area contributed by atoms with Crippen LogP contribution in [0.2, 0.25) is 0 Å². The Balaban J connectivity index is 1.34. The maximum atomic E-state index is 12.6. The number of pyridine rings is 1. The number of nitrogens with zero attached hydrogens (tertiary/aromatic N) is 1. The Morgan fingerprint density at radius 3 is 2.72 bits per heavy atom. The third kappa shape index (κ3) is 4.71.